The summed E-state index contributed by atoms with van der Waals surface area (Å²) in [6.07, 6.45) is 2.84. The SMILES string of the molecule is CCCNC(c1cc(C)oc1C)c1c(OC)cnn1CC. The second-order valence-corrected chi connectivity index (χ2v) is 5.17. The third-order valence-electron chi connectivity index (χ3n) is 3.63. The highest BCUT2D eigenvalue weighted by Crippen LogP contribution is 2.33. The molecule has 2 aromatic rings. The Hall–Kier alpha value is -1.75. The molecule has 5 heteroatoms. The number of methoxy groups -OCH3 is 1. The summed E-state index contributed by atoms with van der Waals surface area (Å²) in [6.45, 7) is 9.95. The van der Waals surface area contributed by atoms with Crippen LogP contribution in [0.4, 0.5) is 0 Å². The van der Waals surface area contributed by atoms with Gasteiger partial charge in [0.15, 0.2) is 5.75 Å². The summed E-state index contributed by atoms with van der Waals surface area (Å²) in [5.74, 6) is 2.67. The van der Waals surface area contributed by atoms with Crippen molar-refractivity contribution in [1.29, 1.82) is 0 Å². The van der Waals surface area contributed by atoms with Crippen molar-refractivity contribution in [1.82, 2.24) is 15.1 Å². The Morgan fingerprint density at radius 2 is 2.14 bits per heavy atom. The Kier molecular flexibility index (Phi) is 5.07. The molecule has 1 unspecified atom stereocenters. The van der Waals surface area contributed by atoms with Crippen LogP contribution in [0, 0.1) is 13.8 Å². The fourth-order valence-corrected chi connectivity index (χ4v) is 2.66. The van der Waals surface area contributed by atoms with E-state index in [1.165, 1.54) is 0 Å². The van der Waals surface area contributed by atoms with E-state index in [-0.39, 0.29) is 6.04 Å². The minimum atomic E-state index is 0.0276. The standard InChI is InChI=1S/C16H25N3O2/c1-6-8-17-15(13-9-11(3)21-12(13)4)16-14(20-5)10-18-19(16)7-2/h9-10,15,17H,6-8H2,1-5H3. The van der Waals surface area contributed by atoms with Gasteiger partial charge in [-0.1, -0.05) is 6.92 Å². The average Bonchev–Trinajstić information content (AvgIpc) is 3.03. The third kappa shape index (κ3) is 3.13. The van der Waals surface area contributed by atoms with Gasteiger partial charge in [0.25, 0.3) is 0 Å². The van der Waals surface area contributed by atoms with Gasteiger partial charge in [0.1, 0.15) is 17.2 Å². The van der Waals surface area contributed by atoms with E-state index < -0.39 is 0 Å². The fraction of sp³-hybridized carbons (Fsp3) is 0.562. The lowest BCUT2D eigenvalue weighted by atomic mass is 10.0. The number of hydrogen-bond donors (Lipinski definition) is 1. The predicted molar refractivity (Wildman–Crippen MR) is 82.8 cm³/mol. The van der Waals surface area contributed by atoms with Gasteiger partial charge in [0, 0.05) is 12.1 Å². The molecule has 1 N–H and O–H groups in total. The van der Waals surface area contributed by atoms with Crippen LogP contribution in [-0.4, -0.2) is 23.4 Å². The lowest BCUT2D eigenvalue weighted by molar-refractivity contribution is 0.397. The van der Waals surface area contributed by atoms with E-state index in [0.29, 0.717) is 0 Å². The number of rotatable bonds is 7. The number of nitrogens with one attached hydrogen (secondary N) is 1. The maximum absolute atomic E-state index is 5.71. The summed E-state index contributed by atoms with van der Waals surface area (Å²) < 4.78 is 13.2. The summed E-state index contributed by atoms with van der Waals surface area (Å²) in [5.41, 5.74) is 2.20. The number of furan rings is 1. The molecule has 0 amide bonds. The van der Waals surface area contributed by atoms with Crippen molar-refractivity contribution in [2.75, 3.05) is 13.7 Å². The van der Waals surface area contributed by atoms with E-state index in [2.05, 4.69) is 30.3 Å². The van der Waals surface area contributed by atoms with Crippen LogP contribution >= 0.6 is 0 Å². The van der Waals surface area contributed by atoms with Crippen LogP contribution < -0.4 is 10.1 Å². The number of nitrogens with zero attached hydrogens (tertiary/aromatic N) is 2. The Balaban J connectivity index is 2.50. The third-order valence-corrected chi connectivity index (χ3v) is 3.63. The molecule has 0 saturated heterocycles. The highest BCUT2D eigenvalue weighted by Gasteiger charge is 2.25. The Morgan fingerprint density at radius 1 is 1.38 bits per heavy atom. The van der Waals surface area contributed by atoms with E-state index >= 15 is 0 Å². The van der Waals surface area contributed by atoms with E-state index in [4.69, 9.17) is 9.15 Å². The maximum atomic E-state index is 5.71. The first-order valence-electron chi connectivity index (χ1n) is 7.52. The summed E-state index contributed by atoms with van der Waals surface area (Å²) in [5, 5.41) is 8.01. The van der Waals surface area contributed by atoms with Gasteiger partial charge in [-0.15, -0.1) is 0 Å². The van der Waals surface area contributed by atoms with E-state index in [0.717, 1.165) is 48.0 Å². The van der Waals surface area contributed by atoms with Crippen molar-refractivity contribution < 1.29 is 9.15 Å². The zero-order valence-electron chi connectivity index (χ0n) is 13.6. The van der Waals surface area contributed by atoms with Crippen LogP contribution in [0.1, 0.15) is 49.1 Å². The summed E-state index contributed by atoms with van der Waals surface area (Å²) in [4.78, 5) is 0. The molecule has 0 saturated carbocycles. The number of hydrogen-bond acceptors (Lipinski definition) is 4. The van der Waals surface area contributed by atoms with E-state index in [9.17, 15) is 0 Å². The Labute approximate surface area is 126 Å². The van der Waals surface area contributed by atoms with Gasteiger partial charge in [0.05, 0.1) is 19.3 Å². The molecule has 2 rings (SSSR count). The normalized spacial score (nSPS) is 12.6. The minimum Gasteiger partial charge on any atom is -0.493 e. The number of ether oxygens (including phenoxy) is 1. The molecule has 2 aromatic heterocycles. The molecule has 0 aliphatic carbocycles. The van der Waals surface area contributed by atoms with Gasteiger partial charge in [-0.3, -0.25) is 4.68 Å². The van der Waals surface area contributed by atoms with E-state index in [1.54, 1.807) is 13.3 Å². The first-order valence-corrected chi connectivity index (χ1v) is 7.52. The molecule has 0 aromatic carbocycles. The minimum absolute atomic E-state index is 0.0276. The van der Waals surface area contributed by atoms with E-state index in [1.807, 2.05) is 18.5 Å². The van der Waals surface area contributed by atoms with Crippen molar-refractivity contribution in [3.05, 3.63) is 35.0 Å². The quantitative estimate of drug-likeness (QED) is 0.851. The van der Waals surface area contributed by atoms with Crippen LogP contribution in [0.15, 0.2) is 16.7 Å². The van der Waals surface area contributed by atoms with Gasteiger partial charge in [-0.05, 0) is 39.8 Å². The van der Waals surface area contributed by atoms with Crippen LogP contribution in [-0.2, 0) is 6.54 Å². The summed E-state index contributed by atoms with van der Waals surface area (Å²) in [6, 6.07) is 2.12. The average molecular weight is 291 g/mol. The highest BCUT2D eigenvalue weighted by atomic mass is 16.5. The first-order chi connectivity index (χ1) is 10.1. The molecule has 2 heterocycles. The second kappa shape index (κ2) is 6.80. The zero-order valence-corrected chi connectivity index (χ0v) is 13.6. The summed E-state index contributed by atoms with van der Waals surface area (Å²) in [7, 11) is 1.69. The monoisotopic (exact) mass is 291 g/mol. The Morgan fingerprint density at radius 3 is 2.67 bits per heavy atom. The molecule has 1 atom stereocenters. The van der Waals surface area contributed by atoms with Crippen LogP contribution in [0.5, 0.6) is 5.75 Å². The predicted octanol–water partition coefficient (Wildman–Crippen LogP) is 3.21. The molecular formula is C16H25N3O2. The van der Waals surface area contributed by atoms with Crippen LogP contribution in [0.3, 0.4) is 0 Å². The van der Waals surface area contributed by atoms with Gasteiger partial charge < -0.3 is 14.5 Å². The van der Waals surface area contributed by atoms with Crippen molar-refractivity contribution in [3.63, 3.8) is 0 Å². The summed E-state index contributed by atoms with van der Waals surface area (Å²) >= 11 is 0. The second-order valence-electron chi connectivity index (χ2n) is 5.17. The molecule has 0 aliphatic rings. The number of aryl methyl sites for hydroxylation is 3. The molecule has 116 valence electrons. The maximum Gasteiger partial charge on any atom is 0.161 e. The number of aromatic nitrogens is 2. The first kappa shape index (κ1) is 15.6. The smallest absolute Gasteiger partial charge is 0.161 e. The zero-order chi connectivity index (χ0) is 15.4. The molecule has 0 bridgehead atoms. The van der Waals surface area contributed by atoms with Gasteiger partial charge in [-0.25, -0.2) is 0 Å². The van der Waals surface area contributed by atoms with Crippen LogP contribution in [0.25, 0.3) is 0 Å². The molecule has 5 nitrogen and oxygen atoms in total. The van der Waals surface area contributed by atoms with Gasteiger partial charge in [-0.2, -0.15) is 5.10 Å². The topological polar surface area (TPSA) is 52.2 Å². The Bertz CT molecular complexity index is 565. The molecule has 0 radical (unpaired) electrons. The van der Waals surface area contributed by atoms with Crippen molar-refractivity contribution in [3.8, 4) is 5.75 Å². The molecule has 0 aliphatic heterocycles. The molecular weight excluding hydrogens is 266 g/mol. The fourth-order valence-electron chi connectivity index (χ4n) is 2.66. The lowest BCUT2D eigenvalue weighted by Crippen LogP contribution is -2.26. The lowest BCUT2D eigenvalue weighted by Gasteiger charge is -2.20. The van der Waals surface area contributed by atoms with Crippen molar-refractivity contribution in [2.45, 2.75) is 46.7 Å². The van der Waals surface area contributed by atoms with Crippen molar-refractivity contribution >= 4 is 0 Å². The highest BCUT2D eigenvalue weighted by molar-refractivity contribution is 5.38. The largest absolute Gasteiger partial charge is 0.493 e. The van der Waals surface area contributed by atoms with Gasteiger partial charge >= 0.3 is 0 Å². The molecule has 21 heavy (non-hydrogen) atoms. The molecule has 0 spiro atoms. The van der Waals surface area contributed by atoms with Crippen molar-refractivity contribution in [2.24, 2.45) is 0 Å². The van der Waals surface area contributed by atoms with Crippen LogP contribution in [0.2, 0.25) is 0 Å². The van der Waals surface area contributed by atoms with Gasteiger partial charge in [0.2, 0.25) is 0 Å². The molecule has 0 fully saturated rings.